The third-order valence-electron chi connectivity index (χ3n) is 2.64. The highest BCUT2D eigenvalue weighted by atomic mass is 19.4. The molecule has 1 unspecified atom stereocenters. The molecule has 0 radical (unpaired) electrons. The predicted molar refractivity (Wildman–Crippen MR) is 61.4 cm³/mol. The number of hydrogen-bond acceptors (Lipinski definition) is 2. The molecule has 0 aliphatic carbocycles. The molecule has 1 aromatic carbocycles. The Kier molecular flexibility index (Phi) is 4.96. The highest BCUT2D eigenvalue weighted by Gasteiger charge is 2.32. The highest BCUT2D eigenvalue weighted by molar-refractivity contribution is 5.14. The number of halogens is 3. The molecule has 1 atom stereocenters. The minimum Gasteiger partial charge on any atom is -0.329 e. The molecule has 17 heavy (non-hydrogen) atoms. The van der Waals surface area contributed by atoms with Crippen LogP contribution in [0.15, 0.2) is 30.3 Å². The third-order valence-corrected chi connectivity index (χ3v) is 2.64. The molecule has 1 aromatic rings. The van der Waals surface area contributed by atoms with Gasteiger partial charge in [-0.1, -0.05) is 30.3 Å². The summed E-state index contributed by atoms with van der Waals surface area (Å²) in [4.78, 5) is 1.64. The lowest BCUT2D eigenvalue weighted by Gasteiger charge is -2.27. The van der Waals surface area contributed by atoms with E-state index in [0.717, 1.165) is 5.56 Å². The number of nitrogens with zero attached hydrogens (tertiary/aromatic N) is 1. The first-order valence-corrected chi connectivity index (χ1v) is 5.43. The highest BCUT2D eigenvalue weighted by Crippen LogP contribution is 2.23. The number of nitrogens with two attached hydrogens (primary N) is 1. The third kappa shape index (κ3) is 5.19. The lowest BCUT2D eigenvalue weighted by molar-refractivity contribution is -0.146. The van der Waals surface area contributed by atoms with Crippen LogP contribution in [0.1, 0.15) is 12.0 Å². The van der Waals surface area contributed by atoms with Gasteiger partial charge in [-0.25, -0.2) is 0 Å². The number of rotatable bonds is 5. The summed E-state index contributed by atoms with van der Waals surface area (Å²) in [5.74, 6) is 0. The first-order chi connectivity index (χ1) is 7.92. The summed E-state index contributed by atoms with van der Waals surface area (Å²) in [6.45, 7) is 0.474. The molecular formula is C12H17F3N2. The fraction of sp³-hybridized carbons (Fsp3) is 0.500. The summed E-state index contributed by atoms with van der Waals surface area (Å²) in [7, 11) is 1.66. The van der Waals surface area contributed by atoms with Crippen molar-refractivity contribution >= 4 is 0 Å². The lowest BCUT2D eigenvalue weighted by atomic mass is 10.1. The summed E-state index contributed by atoms with van der Waals surface area (Å²) in [5.41, 5.74) is 6.37. The van der Waals surface area contributed by atoms with Crippen LogP contribution in [0, 0.1) is 0 Å². The van der Waals surface area contributed by atoms with Gasteiger partial charge in [-0.3, -0.25) is 4.90 Å². The zero-order valence-corrected chi connectivity index (χ0v) is 9.74. The van der Waals surface area contributed by atoms with Crippen LogP contribution >= 0.6 is 0 Å². The van der Waals surface area contributed by atoms with E-state index >= 15 is 0 Å². The zero-order valence-electron chi connectivity index (χ0n) is 9.74. The molecule has 2 nitrogen and oxygen atoms in total. The van der Waals surface area contributed by atoms with Crippen molar-refractivity contribution in [1.82, 2.24) is 4.90 Å². The van der Waals surface area contributed by atoms with E-state index in [9.17, 15) is 13.2 Å². The van der Waals surface area contributed by atoms with Crippen LogP contribution in [0.2, 0.25) is 0 Å². The SMILES string of the molecule is CN(Cc1ccccc1)C(CN)CC(F)(F)F. The van der Waals surface area contributed by atoms with Crippen LogP contribution in [0.4, 0.5) is 13.2 Å². The van der Waals surface area contributed by atoms with Crippen LogP contribution in [0.25, 0.3) is 0 Å². The number of likely N-dealkylation sites (N-methyl/N-ethyl adjacent to an activating group) is 1. The maximum absolute atomic E-state index is 12.3. The van der Waals surface area contributed by atoms with Gasteiger partial charge in [0.25, 0.3) is 0 Å². The van der Waals surface area contributed by atoms with Gasteiger partial charge < -0.3 is 5.73 Å². The first kappa shape index (κ1) is 14.0. The van der Waals surface area contributed by atoms with Crippen LogP contribution in [-0.4, -0.2) is 30.7 Å². The Morgan fingerprint density at radius 2 is 1.82 bits per heavy atom. The minimum absolute atomic E-state index is 0.00282. The predicted octanol–water partition coefficient (Wildman–Crippen LogP) is 2.40. The minimum atomic E-state index is -4.17. The van der Waals surface area contributed by atoms with Crippen molar-refractivity contribution in [3.8, 4) is 0 Å². The fourth-order valence-corrected chi connectivity index (χ4v) is 1.69. The Hall–Kier alpha value is -1.07. The summed E-state index contributed by atoms with van der Waals surface area (Å²) >= 11 is 0. The van der Waals surface area contributed by atoms with Gasteiger partial charge in [0, 0.05) is 19.1 Å². The van der Waals surface area contributed by atoms with Crippen molar-refractivity contribution in [3.63, 3.8) is 0 Å². The molecule has 5 heteroatoms. The smallest absolute Gasteiger partial charge is 0.329 e. The first-order valence-electron chi connectivity index (χ1n) is 5.43. The van der Waals surface area contributed by atoms with Crippen molar-refractivity contribution in [2.75, 3.05) is 13.6 Å². The van der Waals surface area contributed by atoms with Gasteiger partial charge in [0.15, 0.2) is 0 Å². The van der Waals surface area contributed by atoms with E-state index in [2.05, 4.69) is 0 Å². The molecule has 0 aromatic heterocycles. The Labute approximate surface area is 99.2 Å². The number of hydrogen-bond donors (Lipinski definition) is 1. The van der Waals surface area contributed by atoms with Gasteiger partial charge in [-0.2, -0.15) is 13.2 Å². The molecule has 0 fully saturated rings. The quantitative estimate of drug-likeness (QED) is 0.864. The van der Waals surface area contributed by atoms with Crippen LogP contribution in [-0.2, 0) is 6.54 Å². The standard InChI is InChI=1S/C12H17F3N2/c1-17(9-10-5-3-2-4-6-10)11(8-16)7-12(13,14)15/h2-6,11H,7-9,16H2,1H3. The Bertz CT molecular complexity index is 324. The molecule has 0 amide bonds. The van der Waals surface area contributed by atoms with Crippen molar-refractivity contribution in [3.05, 3.63) is 35.9 Å². The number of benzene rings is 1. The summed E-state index contributed by atoms with van der Waals surface area (Å²) in [6.07, 6.45) is -5.04. The van der Waals surface area contributed by atoms with Crippen molar-refractivity contribution in [1.29, 1.82) is 0 Å². The zero-order chi connectivity index (χ0) is 12.9. The van der Waals surface area contributed by atoms with Gasteiger partial charge in [-0.05, 0) is 12.6 Å². The van der Waals surface area contributed by atoms with Crippen molar-refractivity contribution < 1.29 is 13.2 Å². The second-order valence-electron chi connectivity index (χ2n) is 4.11. The average molecular weight is 246 g/mol. The molecule has 1 rings (SSSR count). The molecule has 0 saturated carbocycles. The molecule has 2 N–H and O–H groups in total. The molecule has 0 bridgehead atoms. The molecule has 0 aliphatic rings. The number of alkyl halides is 3. The van der Waals surface area contributed by atoms with E-state index in [1.165, 1.54) is 0 Å². The van der Waals surface area contributed by atoms with Crippen molar-refractivity contribution in [2.45, 2.75) is 25.2 Å². The fourth-order valence-electron chi connectivity index (χ4n) is 1.69. The van der Waals surface area contributed by atoms with E-state index < -0.39 is 18.6 Å². The maximum Gasteiger partial charge on any atom is 0.390 e. The Morgan fingerprint density at radius 3 is 2.29 bits per heavy atom. The summed E-state index contributed by atoms with van der Waals surface area (Å²) < 4.78 is 36.9. The maximum atomic E-state index is 12.3. The Morgan fingerprint density at radius 1 is 1.24 bits per heavy atom. The van der Waals surface area contributed by atoms with E-state index in [4.69, 9.17) is 5.73 Å². The molecule has 0 heterocycles. The second kappa shape index (κ2) is 6.02. The van der Waals surface area contributed by atoms with Crippen LogP contribution in [0.5, 0.6) is 0 Å². The molecular weight excluding hydrogens is 229 g/mol. The molecule has 0 aliphatic heterocycles. The van der Waals surface area contributed by atoms with Gasteiger partial charge in [0.1, 0.15) is 0 Å². The van der Waals surface area contributed by atoms with Gasteiger partial charge in [-0.15, -0.1) is 0 Å². The average Bonchev–Trinajstić information content (AvgIpc) is 2.26. The monoisotopic (exact) mass is 246 g/mol. The van der Waals surface area contributed by atoms with E-state index in [1.54, 1.807) is 11.9 Å². The van der Waals surface area contributed by atoms with Crippen LogP contribution < -0.4 is 5.73 Å². The second-order valence-corrected chi connectivity index (χ2v) is 4.11. The summed E-state index contributed by atoms with van der Waals surface area (Å²) in [5, 5.41) is 0. The van der Waals surface area contributed by atoms with Crippen LogP contribution in [0.3, 0.4) is 0 Å². The van der Waals surface area contributed by atoms with Gasteiger partial charge in [0.05, 0.1) is 6.42 Å². The van der Waals surface area contributed by atoms with Gasteiger partial charge in [0.2, 0.25) is 0 Å². The van der Waals surface area contributed by atoms with Crippen molar-refractivity contribution in [2.24, 2.45) is 5.73 Å². The van der Waals surface area contributed by atoms with Gasteiger partial charge >= 0.3 is 6.18 Å². The van der Waals surface area contributed by atoms with E-state index in [0.29, 0.717) is 6.54 Å². The Balaban J connectivity index is 2.58. The molecule has 0 saturated heterocycles. The largest absolute Gasteiger partial charge is 0.390 e. The molecule has 96 valence electrons. The normalized spacial score (nSPS) is 14.0. The summed E-state index contributed by atoms with van der Waals surface area (Å²) in [6, 6.07) is 8.71. The lowest BCUT2D eigenvalue weighted by Crippen LogP contribution is -2.40. The van der Waals surface area contributed by atoms with E-state index in [1.807, 2.05) is 30.3 Å². The molecule has 0 spiro atoms. The topological polar surface area (TPSA) is 29.3 Å². The van der Waals surface area contributed by atoms with E-state index in [-0.39, 0.29) is 6.54 Å².